The van der Waals surface area contributed by atoms with Crippen LogP contribution in [0.3, 0.4) is 0 Å². The summed E-state index contributed by atoms with van der Waals surface area (Å²) in [6, 6.07) is 2.50. The maximum Gasteiger partial charge on any atom is 0.167 e. The van der Waals surface area contributed by atoms with Crippen molar-refractivity contribution >= 4 is 11.4 Å². The van der Waals surface area contributed by atoms with Crippen molar-refractivity contribution in [2.75, 3.05) is 31.4 Å². The van der Waals surface area contributed by atoms with Gasteiger partial charge in [0.05, 0.1) is 37.2 Å². The van der Waals surface area contributed by atoms with Crippen molar-refractivity contribution in [2.24, 2.45) is 0 Å². The zero-order valence-corrected chi connectivity index (χ0v) is 9.83. The van der Waals surface area contributed by atoms with Crippen molar-refractivity contribution in [3.8, 4) is 5.75 Å². The first-order chi connectivity index (χ1) is 7.95. The number of nitrogens with two attached hydrogens (primary N) is 1. The molecule has 0 aromatic heterocycles. The largest absolute Gasteiger partial charge is 0.494 e. The molecular formula is C11H17FN2O3. The number of nitrogen functional groups attached to an aromatic ring is 1. The second-order valence-electron chi connectivity index (χ2n) is 4.08. The van der Waals surface area contributed by atoms with Gasteiger partial charge in [-0.25, -0.2) is 4.39 Å². The Labute approximate surface area is 99.0 Å². The van der Waals surface area contributed by atoms with Crippen LogP contribution in [0.15, 0.2) is 12.1 Å². The van der Waals surface area contributed by atoms with Crippen molar-refractivity contribution in [1.82, 2.24) is 0 Å². The predicted molar refractivity (Wildman–Crippen MR) is 63.6 cm³/mol. The molecule has 0 amide bonds. The van der Waals surface area contributed by atoms with Gasteiger partial charge >= 0.3 is 0 Å². The Morgan fingerprint density at radius 3 is 2.47 bits per heavy atom. The van der Waals surface area contributed by atoms with E-state index in [0.29, 0.717) is 5.69 Å². The van der Waals surface area contributed by atoms with Crippen LogP contribution in [0, 0.1) is 5.82 Å². The average molecular weight is 244 g/mol. The zero-order chi connectivity index (χ0) is 13.1. The molecule has 0 aliphatic rings. The number of hydrogen-bond acceptors (Lipinski definition) is 5. The molecule has 0 radical (unpaired) electrons. The summed E-state index contributed by atoms with van der Waals surface area (Å²) in [6.45, 7) is 1.04. The van der Waals surface area contributed by atoms with Crippen LogP contribution in [-0.4, -0.2) is 36.1 Å². The van der Waals surface area contributed by atoms with Crippen molar-refractivity contribution in [2.45, 2.75) is 12.5 Å². The second-order valence-corrected chi connectivity index (χ2v) is 4.08. The van der Waals surface area contributed by atoms with E-state index in [9.17, 15) is 4.39 Å². The summed E-state index contributed by atoms with van der Waals surface area (Å²) in [5.41, 5.74) is 5.28. The van der Waals surface area contributed by atoms with Gasteiger partial charge in [0.15, 0.2) is 11.6 Å². The van der Waals surface area contributed by atoms with Crippen LogP contribution < -0.4 is 15.8 Å². The fourth-order valence-corrected chi connectivity index (χ4v) is 1.29. The molecule has 0 saturated carbocycles. The lowest BCUT2D eigenvalue weighted by atomic mass is 10.0. The molecule has 0 unspecified atom stereocenters. The summed E-state index contributed by atoms with van der Waals surface area (Å²) in [7, 11) is 1.34. The highest BCUT2D eigenvalue weighted by atomic mass is 19.1. The number of methoxy groups -OCH3 is 1. The number of aliphatic hydroxyl groups is 2. The van der Waals surface area contributed by atoms with Gasteiger partial charge in [-0.2, -0.15) is 0 Å². The molecule has 0 fully saturated rings. The van der Waals surface area contributed by atoms with E-state index >= 15 is 0 Å². The highest BCUT2D eigenvalue weighted by Gasteiger charge is 2.23. The Kier molecular flexibility index (Phi) is 4.14. The van der Waals surface area contributed by atoms with Crippen molar-refractivity contribution in [1.29, 1.82) is 0 Å². The summed E-state index contributed by atoms with van der Waals surface area (Å²) in [5, 5.41) is 21.2. The van der Waals surface area contributed by atoms with Gasteiger partial charge in [0.2, 0.25) is 0 Å². The zero-order valence-electron chi connectivity index (χ0n) is 9.83. The Balaban J connectivity index is 3.06. The predicted octanol–water partition coefficient (Wildman–Crippen LogP) is 0.572. The minimum absolute atomic E-state index is 0.0416. The molecule has 0 bridgehead atoms. The fraction of sp³-hybridized carbons (Fsp3) is 0.455. The van der Waals surface area contributed by atoms with Gasteiger partial charge in [-0.1, -0.05) is 0 Å². The third-order valence-corrected chi connectivity index (χ3v) is 2.46. The SMILES string of the molecule is COc1cc(NC(C)(CO)CO)c(N)cc1F. The van der Waals surface area contributed by atoms with Gasteiger partial charge in [0, 0.05) is 12.1 Å². The van der Waals surface area contributed by atoms with Crippen molar-refractivity contribution in [3.05, 3.63) is 17.9 Å². The Hall–Kier alpha value is -1.53. The summed E-state index contributed by atoms with van der Waals surface area (Å²) >= 11 is 0. The minimum atomic E-state index is -0.934. The van der Waals surface area contributed by atoms with E-state index in [4.69, 9.17) is 20.7 Å². The van der Waals surface area contributed by atoms with E-state index in [1.165, 1.54) is 13.2 Å². The third-order valence-electron chi connectivity index (χ3n) is 2.46. The summed E-state index contributed by atoms with van der Waals surface area (Å²) in [6.07, 6.45) is 0. The molecule has 0 spiro atoms. The second kappa shape index (κ2) is 5.20. The summed E-state index contributed by atoms with van der Waals surface area (Å²) in [5.74, 6) is -0.523. The van der Waals surface area contributed by atoms with Crippen LogP contribution in [0.1, 0.15) is 6.92 Å². The molecule has 0 saturated heterocycles. The Morgan fingerprint density at radius 1 is 1.41 bits per heavy atom. The van der Waals surface area contributed by atoms with Crippen LogP contribution in [-0.2, 0) is 0 Å². The molecule has 0 aliphatic heterocycles. The molecular weight excluding hydrogens is 227 g/mol. The van der Waals surface area contributed by atoms with Gasteiger partial charge in [-0.05, 0) is 6.92 Å². The number of halogens is 1. The smallest absolute Gasteiger partial charge is 0.167 e. The van der Waals surface area contributed by atoms with E-state index in [-0.39, 0.29) is 24.7 Å². The first-order valence-corrected chi connectivity index (χ1v) is 5.08. The topological polar surface area (TPSA) is 87.7 Å². The van der Waals surface area contributed by atoms with Crippen LogP contribution in [0.4, 0.5) is 15.8 Å². The lowest BCUT2D eigenvalue weighted by Gasteiger charge is -2.28. The fourth-order valence-electron chi connectivity index (χ4n) is 1.29. The number of benzene rings is 1. The third kappa shape index (κ3) is 2.98. The van der Waals surface area contributed by atoms with Gasteiger partial charge in [-0.15, -0.1) is 0 Å². The van der Waals surface area contributed by atoms with Crippen LogP contribution in [0.5, 0.6) is 5.75 Å². The minimum Gasteiger partial charge on any atom is -0.494 e. The van der Waals surface area contributed by atoms with Crippen LogP contribution in [0.25, 0.3) is 0 Å². The maximum atomic E-state index is 13.3. The van der Waals surface area contributed by atoms with E-state index in [0.717, 1.165) is 6.07 Å². The monoisotopic (exact) mass is 244 g/mol. The molecule has 1 aromatic rings. The molecule has 6 heteroatoms. The number of ether oxygens (including phenoxy) is 1. The molecule has 0 atom stereocenters. The van der Waals surface area contributed by atoms with Gasteiger partial charge in [0.25, 0.3) is 0 Å². The van der Waals surface area contributed by atoms with E-state index in [2.05, 4.69) is 5.32 Å². The average Bonchev–Trinajstić information content (AvgIpc) is 2.32. The number of aliphatic hydroxyl groups excluding tert-OH is 2. The summed E-state index contributed by atoms with van der Waals surface area (Å²) in [4.78, 5) is 0. The Bertz CT molecular complexity index is 395. The first-order valence-electron chi connectivity index (χ1n) is 5.08. The van der Waals surface area contributed by atoms with E-state index in [1.807, 2.05) is 0 Å². The molecule has 17 heavy (non-hydrogen) atoms. The van der Waals surface area contributed by atoms with Crippen molar-refractivity contribution in [3.63, 3.8) is 0 Å². The quantitative estimate of drug-likeness (QED) is 0.569. The van der Waals surface area contributed by atoms with E-state index in [1.54, 1.807) is 6.92 Å². The molecule has 0 aliphatic carbocycles. The molecule has 1 aromatic carbocycles. The first kappa shape index (κ1) is 13.5. The Morgan fingerprint density at radius 2 is 2.00 bits per heavy atom. The maximum absolute atomic E-state index is 13.3. The number of hydrogen-bond donors (Lipinski definition) is 4. The number of nitrogens with one attached hydrogen (secondary N) is 1. The number of rotatable bonds is 5. The highest BCUT2D eigenvalue weighted by Crippen LogP contribution is 2.29. The van der Waals surface area contributed by atoms with Crippen molar-refractivity contribution < 1.29 is 19.3 Å². The van der Waals surface area contributed by atoms with Crippen LogP contribution in [0.2, 0.25) is 0 Å². The van der Waals surface area contributed by atoms with E-state index < -0.39 is 11.4 Å². The lowest BCUT2D eigenvalue weighted by molar-refractivity contribution is 0.147. The van der Waals surface area contributed by atoms with Gasteiger partial charge in [0.1, 0.15) is 0 Å². The normalized spacial score (nSPS) is 11.4. The standard InChI is InChI=1S/C11H17FN2O3/c1-11(5-15,6-16)14-9-4-10(17-2)7(12)3-8(9)13/h3-4,14-16H,5-6,13H2,1-2H3. The lowest BCUT2D eigenvalue weighted by Crippen LogP contribution is -2.42. The molecule has 5 N–H and O–H groups in total. The van der Waals surface area contributed by atoms with Gasteiger partial charge < -0.3 is 26.0 Å². The molecule has 5 nitrogen and oxygen atoms in total. The molecule has 1 rings (SSSR count). The highest BCUT2D eigenvalue weighted by molar-refractivity contribution is 5.69. The molecule has 96 valence electrons. The summed E-state index contributed by atoms with van der Waals surface area (Å²) < 4.78 is 18.1. The van der Waals surface area contributed by atoms with Crippen LogP contribution >= 0.6 is 0 Å². The molecule has 0 heterocycles. The van der Waals surface area contributed by atoms with Gasteiger partial charge in [-0.3, -0.25) is 0 Å². The number of anilines is 2.